The summed E-state index contributed by atoms with van der Waals surface area (Å²) in [6.07, 6.45) is 0.232. The van der Waals surface area contributed by atoms with Gasteiger partial charge in [0.2, 0.25) is 11.8 Å². The van der Waals surface area contributed by atoms with E-state index in [1.165, 1.54) is 0 Å². The number of hydrogen-bond acceptors (Lipinski definition) is 8. The number of piperazine rings is 1. The molecule has 3 amide bonds. The van der Waals surface area contributed by atoms with E-state index in [4.69, 9.17) is 14.2 Å². The second kappa shape index (κ2) is 15.3. The van der Waals surface area contributed by atoms with Crippen LogP contribution in [0.25, 0.3) is 0 Å². The summed E-state index contributed by atoms with van der Waals surface area (Å²) in [5.74, 6) is -0.657. The molecule has 0 bridgehead atoms. The monoisotopic (exact) mass is 657 g/mol. The number of aliphatic hydroxyl groups excluding tert-OH is 1. The number of carbonyl (C=O) groups excluding carboxylic acids is 4. The first-order valence-corrected chi connectivity index (χ1v) is 16.3. The van der Waals surface area contributed by atoms with Crippen LogP contribution >= 0.6 is 0 Å². The Bertz CT molecular complexity index is 1610. The van der Waals surface area contributed by atoms with Crippen LogP contribution < -0.4 is 19.7 Å². The van der Waals surface area contributed by atoms with E-state index in [2.05, 4.69) is 5.32 Å². The average Bonchev–Trinajstić information content (AvgIpc) is 3.40. The zero-order valence-corrected chi connectivity index (χ0v) is 27.8. The Kier molecular flexibility index (Phi) is 11.0. The molecular formula is C37H43N3O8. The molecule has 0 aliphatic carbocycles. The number of methoxy groups -OCH3 is 1. The summed E-state index contributed by atoms with van der Waals surface area (Å²) in [6, 6.07) is 17.8. The topological polar surface area (TPSA) is 135 Å². The van der Waals surface area contributed by atoms with E-state index in [9.17, 15) is 24.3 Å². The molecule has 2 aliphatic rings. The first-order chi connectivity index (χ1) is 23.2. The van der Waals surface area contributed by atoms with Crippen LogP contribution in [0, 0.1) is 5.92 Å². The molecule has 3 aromatic carbocycles. The van der Waals surface area contributed by atoms with Crippen LogP contribution in [0.4, 0.5) is 5.69 Å². The predicted molar refractivity (Wildman–Crippen MR) is 179 cm³/mol. The van der Waals surface area contributed by atoms with E-state index in [1.807, 2.05) is 19.9 Å². The van der Waals surface area contributed by atoms with E-state index < -0.39 is 30.1 Å². The van der Waals surface area contributed by atoms with Crippen LogP contribution in [-0.4, -0.2) is 78.8 Å². The molecule has 1 fully saturated rings. The largest absolute Gasteiger partial charge is 0.497 e. The van der Waals surface area contributed by atoms with Gasteiger partial charge in [0.05, 0.1) is 51.3 Å². The number of ether oxygens (including phenoxy) is 3. The van der Waals surface area contributed by atoms with Crippen molar-refractivity contribution in [1.29, 1.82) is 0 Å². The van der Waals surface area contributed by atoms with Crippen LogP contribution in [0.15, 0.2) is 72.8 Å². The highest BCUT2D eigenvalue weighted by molar-refractivity contribution is 6.05. The van der Waals surface area contributed by atoms with Gasteiger partial charge in [-0.05, 0) is 60.9 Å². The standard InChI is InChI=1S/C37H43N3O8/c1-5-47-32(43)22-30-35-33(38-36(44)25-10-7-6-8-11-25)28-21-27(48-19-9-18-41)16-17-29(28)40(35)37(45)34(23(2)3)39(30)31(42)20-24-12-14-26(46-4)15-13-24/h6-8,10-17,21,23,30,33-35,41H,5,9,18-20,22H2,1-4H3,(H,38,44)/t30?,33-,34-,35+/m0/s1. The maximum Gasteiger partial charge on any atom is 0.307 e. The Hall–Kier alpha value is -4.90. The second-order valence-electron chi connectivity index (χ2n) is 12.3. The van der Waals surface area contributed by atoms with Gasteiger partial charge >= 0.3 is 5.97 Å². The fourth-order valence-electron chi connectivity index (χ4n) is 6.67. The summed E-state index contributed by atoms with van der Waals surface area (Å²) in [7, 11) is 1.56. The molecule has 5 rings (SSSR count). The fourth-order valence-corrected chi connectivity index (χ4v) is 6.67. The summed E-state index contributed by atoms with van der Waals surface area (Å²) in [4.78, 5) is 59.2. The Morgan fingerprint density at radius 1 is 0.979 bits per heavy atom. The molecule has 4 atom stereocenters. The van der Waals surface area contributed by atoms with E-state index in [1.54, 1.807) is 90.6 Å². The molecule has 48 heavy (non-hydrogen) atoms. The highest BCUT2D eigenvalue weighted by Gasteiger charge is 2.57. The van der Waals surface area contributed by atoms with Crippen LogP contribution in [-0.2, 0) is 25.5 Å². The number of nitrogens with one attached hydrogen (secondary N) is 1. The number of benzene rings is 3. The number of hydrogen-bond donors (Lipinski definition) is 2. The average molecular weight is 658 g/mol. The second-order valence-corrected chi connectivity index (χ2v) is 12.3. The zero-order chi connectivity index (χ0) is 34.4. The fraction of sp³-hybridized carbons (Fsp3) is 0.405. The van der Waals surface area contributed by atoms with Crippen LogP contribution in [0.2, 0.25) is 0 Å². The first-order valence-electron chi connectivity index (χ1n) is 16.3. The van der Waals surface area contributed by atoms with Gasteiger partial charge in [-0.3, -0.25) is 19.2 Å². The van der Waals surface area contributed by atoms with Crippen molar-refractivity contribution in [2.24, 2.45) is 5.92 Å². The Morgan fingerprint density at radius 2 is 1.69 bits per heavy atom. The molecule has 0 spiro atoms. The molecule has 3 aromatic rings. The lowest BCUT2D eigenvalue weighted by Gasteiger charge is -2.51. The predicted octanol–water partition coefficient (Wildman–Crippen LogP) is 4.07. The smallest absolute Gasteiger partial charge is 0.307 e. The van der Waals surface area contributed by atoms with Gasteiger partial charge in [0.25, 0.3) is 5.91 Å². The highest BCUT2D eigenvalue weighted by Crippen LogP contribution is 2.48. The van der Waals surface area contributed by atoms with Gasteiger partial charge in [-0.25, -0.2) is 0 Å². The maximum atomic E-state index is 14.6. The van der Waals surface area contributed by atoms with E-state index in [-0.39, 0.29) is 56.3 Å². The van der Waals surface area contributed by atoms with Crippen molar-refractivity contribution in [2.45, 2.75) is 64.2 Å². The molecule has 11 nitrogen and oxygen atoms in total. The zero-order valence-electron chi connectivity index (χ0n) is 27.8. The molecular weight excluding hydrogens is 614 g/mol. The van der Waals surface area contributed by atoms with Crippen LogP contribution in [0.5, 0.6) is 11.5 Å². The molecule has 0 radical (unpaired) electrons. The van der Waals surface area contributed by atoms with Crippen molar-refractivity contribution in [1.82, 2.24) is 10.2 Å². The minimum Gasteiger partial charge on any atom is -0.497 e. The SMILES string of the molecule is CCOC(=O)CC1[C@@H]2[C@@H](NC(=O)c3ccccc3)c3cc(OCCCO)ccc3N2C(=O)[C@H](C(C)C)N1C(=O)Cc1ccc(OC)cc1. The van der Waals surface area contributed by atoms with Crippen molar-refractivity contribution in [3.05, 3.63) is 89.5 Å². The van der Waals surface area contributed by atoms with Crippen LogP contribution in [0.3, 0.4) is 0 Å². The molecule has 2 N–H and O–H groups in total. The van der Waals surface area contributed by atoms with Crippen LogP contribution in [0.1, 0.15) is 61.1 Å². The van der Waals surface area contributed by atoms with Crippen molar-refractivity contribution >= 4 is 29.4 Å². The Balaban J connectivity index is 1.62. The number of nitrogens with zero attached hydrogens (tertiary/aromatic N) is 2. The number of carbonyl (C=O) groups is 4. The molecule has 1 unspecified atom stereocenters. The van der Waals surface area contributed by atoms with E-state index in [0.29, 0.717) is 34.7 Å². The van der Waals surface area contributed by atoms with Gasteiger partial charge in [0.1, 0.15) is 17.5 Å². The minimum atomic E-state index is -0.886. The lowest BCUT2D eigenvalue weighted by Crippen LogP contribution is -2.70. The third-order valence-corrected chi connectivity index (χ3v) is 8.78. The van der Waals surface area contributed by atoms with Crippen molar-refractivity contribution in [3.63, 3.8) is 0 Å². The normalized spacial score (nSPS) is 19.8. The molecule has 0 saturated carbocycles. The van der Waals surface area contributed by atoms with Crippen molar-refractivity contribution in [2.75, 3.05) is 31.8 Å². The molecule has 254 valence electrons. The lowest BCUT2D eigenvalue weighted by atomic mass is 9.86. The van der Waals surface area contributed by atoms with Gasteiger partial charge in [0.15, 0.2) is 0 Å². The van der Waals surface area contributed by atoms with Gasteiger partial charge < -0.3 is 34.4 Å². The number of aliphatic hydroxyl groups is 1. The molecule has 1 saturated heterocycles. The lowest BCUT2D eigenvalue weighted by molar-refractivity contribution is -0.154. The summed E-state index contributed by atoms with van der Waals surface area (Å²) in [6.45, 7) is 5.86. The van der Waals surface area contributed by atoms with E-state index >= 15 is 0 Å². The summed E-state index contributed by atoms with van der Waals surface area (Å²) in [5, 5.41) is 12.4. The number of anilines is 1. The number of rotatable bonds is 13. The van der Waals surface area contributed by atoms with Gasteiger partial charge in [-0.1, -0.05) is 44.2 Å². The minimum absolute atomic E-state index is 0.0105. The summed E-state index contributed by atoms with van der Waals surface area (Å²) < 4.78 is 16.6. The first kappa shape index (κ1) is 34.4. The molecule has 11 heteroatoms. The van der Waals surface area contributed by atoms with Crippen molar-refractivity contribution in [3.8, 4) is 11.5 Å². The third-order valence-electron chi connectivity index (χ3n) is 8.78. The quantitative estimate of drug-likeness (QED) is 0.208. The number of esters is 1. The third kappa shape index (κ3) is 7.16. The van der Waals surface area contributed by atoms with Gasteiger partial charge in [-0.15, -0.1) is 0 Å². The molecule has 0 aromatic heterocycles. The number of fused-ring (bicyclic) bond motifs is 3. The van der Waals surface area contributed by atoms with Crippen molar-refractivity contribution < 1.29 is 38.5 Å². The summed E-state index contributed by atoms with van der Waals surface area (Å²) >= 11 is 0. The Labute approximate surface area is 280 Å². The Morgan fingerprint density at radius 3 is 2.33 bits per heavy atom. The molecule has 2 heterocycles. The maximum absolute atomic E-state index is 14.6. The van der Waals surface area contributed by atoms with Gasteiger partial charge in [0, 0.05) is 29.8 Å². The number of amides is 3. The van der Waals surface area contributed by atoms with Gasteiger partial charge in [-0.2, -0.15) is 0 Å². The molecule has 2 aliphatic heterocycles. The summed E-state index contributed by atoms with van der Waals surface area (Å²) in [5.41, 5.74) is 2.34. The van der Waals surface area contributed by atoms with E-state index in [0.717, 1.165) is 5.56 Å². The highest BCUT2D eigenvalue weighted by atomic mass is 16.5.